The topological polar surface area (TPSA) is 104 Å². The number of likely N-dealkylation sites (tertiary alicyclic amines) is 1. The molecule has 4 aliphatic rings. The van der Waals surface area contributed by atoms with E-state index in [0.29, 0.717) is 27.6 Å². The summed E-state index contributed by atoms with van der Waals surface area (Å²) in [6, 6.07) is 13.4. The van der Waals surface area contributed by atoms with E-state index in [4.69, 9.17) is 39.5 Å². The first-order valence-electron chi connectivity index (χ1n) is 12.9. The lowest BCUT2D eigenvalue weighted by molar-refractivity contribution is -0.138. The van der Waals surface area contributed by atoms with Crippen LogP contribution in [0.5, 0.6) is 5.75 Å². The van der Waals surface area contributed by atoms with Crippen LogP contribution in [-0.4, -0.2) is 63.6 Å². The van der Waals surface area contributed by atoms with Crippen LogP contribution in [0.25, 0.3) is 0 Å². The van der Waals surface area contributed by atoms with Crippen LogP contribution >= 0.6 is 34.8 Å². The lowest BCUT2D eigenvalue weighted by Gasteiger charge is -2.51. The summed E-state index contributed by atoms with van der Waals surface area (Å²) in [5.41, 5.74) is 1.58. The third-order valence-electron chi connectivity index (χ3n) is 8.68. The second-order valence-corrected chi connectivity index (χ2v) is 12.3. The maximum Gasteiger partial charge on any atom is 0.253 e. The van der Waals surface area contributed by atoms with Crippen molar-refractivity contribution in [1.29, 1.82) is 0 Å². The van der Waals surface area contributed by atoms with Gasteiger partial charge in [0.25, 0.3) is 11.8 Å². The van der Waals surface area contributed by atoms with Gasteiger partial charge in [-0.1, -0.05) is 41.4 Å². The molecule has 2 heterocycles. The van der Waals surface area contributed by atoms with Crippen molar-refractivity contribution < 1.29 is 29.0 Å². The van der Waals surface area contributed by atoms with Crippen molar-refractivity contribution in [2.24, 2.45) is 17.8 Å². The first-order valence-corrected chi connectivity index (χ1v) is 14.1. The van der Waals surface area contributed by atoms with Gasteiger partial charge in [0.1, 0.15) is 12.4 Å². The number of benzene rings is 2. The second-order valence-electron chi connectivity index (χ2n) is 10.6. The molecule has 11 heteroatoms. The standard InChI is InChI=1S/C29H25Cl3N2O6/c1-33-26(38)28(31)14-20-17(23(29(28,32)27(33)39)18-4-2-3-5-21(18)40-13-12-35)10-11-19-22(20)25(37)34(24(19)36)16-8-6-15(30)7-9-16/h2-10,19-20,22-23,35H,11-14H2,1H3. The lowest BCUT2D eigenvalue weighted by atomic mass is 9.56. The quantitative estimate of drug-likeness (QED) is 0.316. The van der Waals surface area contributed by atoms with E-state index >= 15 is 0 Å². The number of amides is 4. The maximum atomic E-state index is 14.0. The van der Waals surface area contributed by atoms with E-state index in [1.165, 1.54) is 11.9 Å². The van der Waals surface area contributed by atoms with Crippen molar-refractivity contribution in [2.75, 3.05) is 25.2 Å². The Kier molecular flexibility index (Phi) is 6.53. The summed E-state index contributed by atoms with van der Waals surface area (Å²) >= 11 is 20.4. The first-order chi connectivity index (χ1) is 19.1. The number of aliphatic hydroxyl groups is 1. The minimum absolute atomic E-state index is 0.00592. The molecule has 0 aromatic heterocycles. The minimum Gasteiger partial charge on any atom is -0.491 e. The molecule has 6 rings (SSSR count). The Morgan fingerprint density at radius 3 is 2.38 bits per heavy atom. The van der Waals surface area contributed by atoms with E-state index in [1.807, 2.05) is 6.08 Å². The normalized spacial score (nSPS) is 33.1. The molecular formula is C29H25Cl3N2O6. The fourth-order valence-corrected chi connectivity index (χ4v) is 8.08. The number of carbonyl (C=O) groups is 4. The Bertz CT molecular complexity index is 1480. The summed E-state index contributed by atoms with van der Waals surface area (Å²) in [5, 5.41) is 9.86. The Hall–Kier alpha value is -2.91. The molecule has 2 aliphatic heterocycles. The Morgan fingerprint density at radius 2 is 1.68 bits per heavy atom. The molecule has 2 aromatic carbocycles. The number of carbonyl (C=O) groups excluding carboxylic acids is 4. The number of fused-ring (bicyclic) bond motifs is 4. The predicted molar refractivity (Wildman–Crippen MR) is 148 cm³/mol. The molecule has 8 nitrogen and oxygen atoms in total. The molecule has 6 atom stereocenters. The zero-order valence-corrected chi connectivity index (χ0v) is 23.6. The molecule has 1 saturated carbocycles. The molecule has 0 radical (unpaired) electrons. The number of halogens is 3. The fourth-order valence-electron chi connectivity index (χ4n) is 6.94. The number of hydrogen-bond acceptors (Lipinski definition) is 6. The van der Waals surface area contributed by atoms with E-state index in [0.717, 1.165) is 4.90 Å². The van der Waals surface area contributed by atoms with E-state index in [9.17, 15) is 24.3 Å². The lowest BCUT2D eigenvalue weighted by Crippen LogP contribution is -2.60. The van der Waals surface area contributed by atoms with Gasteiger partial charge >= 0.3 is 0 Å². The van der Waals surface area contributed by atoms with Gasteiger partial charge in [0.2, 0.25) is 11.8 Å². The number of ether oxygens (including phenoxy) is 1. The molecule has 0 spiro atoms. The Morgan fingerprint density at radius 1 is 0.975 bits per heavy atom. The van der Waals surface area contributed by atoms with E-state index < -0.39 is 51.1 Å². The molecule has 2 aromatic rings. The van der Waals surface area contributed by atoms with Gasteiger partial charge in [-0.2, -0.15) is 0 Å². The van der Waals surface area contributed by atoms with Crippen LogP contribution in [0, 0.1) is 17.8 Å². The van der Waals surface area contributed by atoms with Crippen LogP contribution in [0.3, 0.4) is 0 Å². The third-order valence-corrected chi connectivity index (χ3v) is 10.3. The number of alkyl halides is 2. The number of rotatable bonds is 5. The van der Waals surface area contributed by atoms with E-state index in [2.05, 4.69) is 0 Å². The molecule has 40 heavy (non-hydrogen) atoms. The second kappa shape index (κ2) is 9.58. The molecule has 1 N–H and O–H groups in total. The summed E-state index contributed by atoms with van der Waals surface area (Å²) in [5.74, 6) is -4.71. The summed E-state index contributed by atoms with van der Waals surface area (Å²) in [4.78, 5) is 53.2. The van der Waals surface area contributed by atoms with Gasteiger partial charge in [-0.3, -0.25) is 29.0 Å². The minimum atomic E-state index is -1.91. The number of imide groups is 2. The summed E-state index contributed by atoms with van der Waals surface area (Å²) in [7, 11) is 1.34. The van der Waals surface area contributed by atoms with Crippen LogP contribution in [0.4, 0.5) is 5.69 Å². The van der Waals surface area contributed by atoms with Crippen molar-refractivity contribution in [3.05, 3.63) is 70.8 Å². The Labute approximate surface area is 245 Å². The zero-order valence-electron chi connectivity index (χ0n) is 21.4. The van der Waals surface area contributed by atoms with Crippen LogP contribution in [-0.2, 0) is 19.2 Å². The number of aliphatic hydroxyl groups excluding tert-OH is 1. The number of hydrogen-bond donors (Lipinski definition) is 1. The molecule has 3 fully saturated rings. The largest absolute Gasteiger partial charge is 0.491 e. The molecule has 4 amide bonds. The van der Waals surface area contributed by atoms with Crippen molar-refractivity contribution >= 4 is 64.1 Å². The maximum absolute atomic E-state index is 14.0. The molecule has 2 aliphatic carbocycles. The number of para-hydroxylation sites is 1. The number of anilines is 1. The molecule has 208 valence electrons. The van der Waals surface area contributed by atoms with Crippen molar-refractivity contribution in [3.8, 4) is 5.75 Å². The zero-order chi connectivity index (χ0) is 28.6. The highest BCUT2D eigenvalue weighted by atomic mass is 35.5. The van der Waals surface area contributed by atoms with E-state index in [1.54, 1.807) is 48.5 Å². The van der Waals surface area contributed by atoms with Crippen LogP contribution in [0.15, 0.2) is 60.2 Å². The van der Waals surface area contributed by atoms with E-state index in [-0.39, 0.29) is 32.0 Å². The predicted octanol–water partition coefficient (Wildman–Crippen LogP) is 3.90. The van der Waals surface area contributed by atoms with Crippen molar-refractivity contribution in [2.45, 2.75) is 28.5 Å². The number of allylic oxidation sites excluding steroid dienone is 2. The van der Waals surface area contributed by atoms with Gasteiger partial charge < -0.3 is 9.84 Å². The van der Waals surface area contributed by atoms with Gasteiger partial charge in [0.15, 0.2) is 9.75 Å². The van der Waals surface area contributed by atoms with Crippen molar-refractivity contribution in [3.63, 3.8) is 0 Å². The average molecular weight is 604 g/mol. The summed E-state index contributed by atoms with van der Waals surface area (Å²) in [6.45, 7) is -0.245. The van der Waals surface area contributed by atoms with Crippen molar-refractivity contribution in [1.82, 2.24) is 4.90 Å². The highest BCUT2D eigenvalue weighted by Gasteiger charge is 2.76. The van der Waals surface area contributed by atoms with Crippen LogP contribution in [0.1, 0.15) is 24.3 Å². The third kappa shape index (κ3) is 3.56. The first kappa shape index (κ1) is 27.3. The Balaban J connectivity index is 1.51. The number of nitrogens with zero attached hydrogens (tertiary/aromatic N) is 2. The van der Waals surface area contributed by atoms with Gasteiger partial charge in [-0.05, 0) is 49.1 Å². The van der Waals surface area contributed by atoms with Gasteiger partial charge in [0.05, 0.1) is 24.1 Å². The highest BCUT2D eigenvalue weighted by Crippen LogP contribution is 2.66. The van der Waals surface area contributed by atoms with Crippen LogP contribution in [0.2, 0.25) is 5.02 Å². The molecule has 6 unspecified atom stereocenters. The van der Waals surface area contributed by atoms with Crippen LogP contribution < -0.4 is 9.64 Å². The fraction of sp³-hybridized carbons (Fsp3) is 0.379. The van der Waals surface area contributed by atoms with Gasteiger partial charge in [0, 0.05) is 23.6 Å². The highest BCUT2D eigenvalue weighted by molar-refractivity contribution is 6.53. The summed E-state index contributed by atoms with van der Waals surface area (Å²) in [6.07, 6.45) is 2.03. The van der Waals surface area contributed by atoms with Gasteiger partial charge in [-0.25, -0.2) is 0 Å². The molecule has 2 saturated heterocycles. The molecule has 0 bridgehead atoms. The average Bonchev–Trinajstić information content (AvgIpc) is 3.27. The van der Waals surface area contributed by atoms with Gasteiger partial charge in [-0.15, -0.1) is 23.2 Å². The summed E-state index contributed by atoms with van der Waals surface area (Å²) < 4.78 is 5.82. The smallest absolute Gasteiger partial charge is 0.253 e. The molecular weight excluding hydrogens is 579 g/mol. The monoisotopic (exact) mass is 602 g/mol. The SMILES string of the molecule is CN1C(=O)C2(Cl)CC3C(=CCC4C(=O)N(c5ccc(Cl)cc5)C(=O)C43)C(c3ccccc3OCCO)C2(Cl)C1=O.